The zero-order valence-corrected chi connectivity index (χ0v) is 16.6. The number of carbonyl (C=O) groups excluding carboxylic acids is 1. The van der Waals surface area contributed by atoms with Gasteiger partial charge in [-0.15, -0.1) is 0 Å². The minimum Gasteiger partial charge on any atom is -0.480 e. The third kappa shape index (κ3) is 4.45. The van der Waals surface area contributed by atoms with Crippen LogP contribution in [0.25, 0.3) is 0 Å². The van der Waals surface area contributed by atoms with Gasteiger partial charge >= 0.3 is 5.97 Å². The minimum absolute atomic E-state index is 0.00343. The van der Waals surface area contributed by atoms with E-state index in [9.17, 15) is 18.0 Å². The average Bonchev–Trinajstić information content (AvgIpc) is 2.99. The second kappa shape index (κ2) is 7.67. The second-order valence-corrected chi connectivity index (χ2v) is 10.1. The van der Waals surface area contributed by atoms with Crippen molar-refractivity contribution < 1.29 is 27.9 Å². The van der Waals surface area contributed by atoms with Gasteiger partial charge in [-0.05, 0) is 24.3 Å². The predicted octanol–water partition coefficient (Wildman–Crippen LogP) is 1.15. The number of hydrogen-bond acceptors (Lipinski definition) is 6. The summed E-state index contributed by atoms with van der Waals surface area (Å²) in [6.45, 7) is -1.03. The predicted molar refractivity (Wildman–Crippen MR) is 101 cm³/mol. The van der Waals surface area contributed by atoms with E-state index in [-0.39, 0.29) is 22.8 Å². The lowest BCUT2D eigenvalue weighted by molar-refractivity contribution is -0.143. The molecule has 2 aliphatic rings. The summed E-state index contributed by atoms with van der Waals surface area (Å²) in [5, 5.41) is 8.74. The highest BCUT2D eigenvalue weighted by Gasteiger charge is 2.49. The van der Waals surface area contributed by atoms with Crippen LogP contribution < -0.4 is 4.90 Å². The molecule has 2 heterocycles. The summed E-state index contributed by atoms with van der Waals surface area (Å²) >= 11 is 4.61. The van der Waals surface area contributed by atoms with E-state index in [1.807, 2.05) is 24.3 Å². The van der Waals surface area contributed by atoms with E-state index in [0.29, 0.717) is 5.17 Å². The number of fused-ring (bicyclic) bond motifs is 1. The highest BCUT2D eigenvalue weighted by molar-refractivity contribution is 9.10. The van der Waals surface area contributed by atoms with Crippen LogP contribution in [0.1, 0.15) is 0 Å². The summed E-state index contributed by atoms with van der Waals surface area (Å²) in [6, 6.07) is 6.99. The molecule has 1 amide bonds. The average molecular weight is 463 g/mol. The Balaban J connectivity index is 1.84. The van der Waals surface area contributed by atoms with Gasteiger partial charge in [0.15, 0.2) is 15.0 Å². The molecular weight excluding hydrogens is 448 g/mol. The fourth-order valence-electron chi connectivity index (χ4n) is 2.83. The van der Waals surface area contributed by atoms with Crippen LogP contribution in [0.3, 0.4) is 0 Å². The summed E-state index contributed by atoms with van der Waals surface area (Å²) in [7, 11) is -3.13. The fourth-order valence-corrected chi connectivity index (χ4v) is 7.03. The Kier molecular flexibility index (Phi) is 5.70. The summed E-state index contributed by atoms with van der Waals surface area (Å²) in [6.07, 6.45) is 0. The molecule has 0 bridgehead atoms. The van der Waals surface area contributed by atoms with E-state index in [1.54, 1.807) is 4.90 Å². The molecule has 11 heteroatoms. The molecule has 2 atom stereocenters. The zero-order chi connectivity index (χ0) is 18.9. The second-order valence-electron chi connectivity index (χ2n) is 5.82. The van der Waals surface area contributed by atoms with Crippen molar-refractivity contribution in [3.8, 4) is 0 Å². The first-order chi connectivity index (χ1) is 12.2. The molecule has 2 saturated heterocycles. The number of carboxylic acids is 1. The first kappa shape index (κ1) is 19.3. The molecular formula is C15H15BrN2O6S2. The number of hydrogen-bond donors (Lipinski definition) is 1. The van der Waals surface area contributed by atoms with E-state index in [4.69, 9.17) is 9.84 Å². The number of thioether (sulfide) groups is 1. The maximum Gasteiger partial charge on any atom is 0.329 e. The number of carboxylic acid groups (broad SMARTS) is 1. The van der Waals surface area contributed by atoms with Crippen LogP contribution in [0.15, 0.2) is 33.7 Å². The zero-order valence-electron chi connectivity index (χ0n) is 13.4. The number of amides is 1. The lowest BCUT2D eigenvalue weighted by Gasteiger charge is -2.24. The topological polar surface area (TPSA) is 113 Å². The van der Waals surface area contributed by atoms with Crippen molar-refractivity contribution in [3.05, 3.63) is 28.7 Å². The van der Waals surface area contributed by atoms with Crippen molar-refractivity contribution in [2.24, 2.45) is 4.99 Å². The monoisotopic (exact) mass is 462 g/mol. The van der Waals surface area contributed by atoms with Crippen LogP contribution in [-0.4, -0.2) is 66.6 Å². The Morgan fingerprint density at radius 1 is 1.27 bits per heavy atom. The van der Waals surface area contributed by atoms with Gasteiger partial charge in [0.1, 0.15) is 13.2 Å². The number of halogens is 1. The maximum absolute atomic E-state index is 12.0. The molecule has 2 aliphatic heterocycles. The number of sulfone groups is 1. The summed E-state index contributed by atoms with van der Waals surface area (Å²) in [4.78, 5) is 28.2. The van der Waals surface area contributed by atoms with Crippen molar-refractivity contribution >= 4 is 60.3 Å². The molecule has 0 radical (unpaired) electrons. The number of amidine groups is 1. The molecule has 1 aromatic carbocycles. The van der Waals surface area contributed by atoms with Crippen LogP contribution >= 0.6 is 27.7 Å². The number of carbonyl (C=O) groups is 2. The van der Waals surface area contributed by atoms with Crippen molar-refractivity contribution in [2.45, 2.75) is 11.3 Å². The van der Waals surface area contributed by atoms with Crippen molar-refractivity contribution in [3.63, 3.8) is 0 Å². The Morgan fingerprint density at radius 3 is 2.62 bits per heavy atom. The highest BCUT2D eigenvalue weighted by atomic mass is 79.9. The van der Waals surface area contributed by atoms with Crippen LogP contribution in [0, 0.1) is 0 Å². The molecule has 0 aliphatic carbocycles. The smallest absolute Gasteiger partial charge is 0.329 e. The Labute approximate surface area is 162 Å². The van der Waals surface area contributed by atoms with Crippen molar-refractivity contribution in [1.82, 2.24) is 0 Å². The minimum atomic E-state index is -3.13. The van der Waals surface area contributed by atoms with E-state index >= 15 is 0 Å². The van der Waals surface area contributed by atoms with Gasteiger partial charge < -0.3 is 14.7 Å². The number of nitrogens with zero attached hydrogens (tertiary/aromatic N) is 2. The van der Waals surface area contributed by atoms with E-state index < -0.39 is 34.9 Å². The number of ether oxygens (including phenoxy) is 1. The summed E-state index contributed by atoms with van der Waals surface area (Å²) in [5.74, 6) is -1.74. The molecule has 8 nitrogen and oxygen atoms in total. The van der Waals surface area contributed by atoms with Crippen LogP contribution in [0.5, 0.6) is 0 Å². The molecule has 2 fully saturated rings. The van der Waals surface area contributed by atoms with Gasteiger partial charge in [0.05, 0.1) is 17.5 Å². The third-order valence-electron chi connectivity index (χ3n) is 3.84. The maximum atomic E-state index is 12.0. The Bertz CT molecular complexity index is 855. The van der Waals surface area contributed by atoms with Crippen LogP contribution in [0.4, 0.5) is 5.69 Å². The van der Waals surface area contributed by atoms with Gasteiger partial charge in [-0.2, -0.15) is 4.99 Å². The van der Waals surface area contributed by atoms with Gasteiger partial charge in [-0.25, -0.2) is 13.2 Å². The van der Waals surface area contributed by atoms with Crippen molar-refractivity contribution in [1.29, 1.82) is 0 Å². The first-order valence-electron chi connectivity index (χ1n) is 7.58. The number of benzene rings is 1. The van der Waals surface area contributed by atoms with Crippen LogP contribution in [-0.2, 0) is 24.2 Å². The number of anilines is 1. The Morgan fingerprint density at radius 2 is 1.96 bits per heavy atom. The standard InChI is InChI=1S/C15H15BrN2O6S2/c16-9-1-3-10(4-2-9)18-11-7-26(22,23)8-12(11)25-15(18)17-13(19)5-24-6-14(20)21/h1-4,11-12H,5-8H2,(H,20,21)/t11-,12+/m0/s1. The molecule has 1 N–H and O–H groups in total. The van der Waals surface area contributed by atoms with Gasteiger partial charge in [-0.1, -0.05) is 27.7 Å². The fraction of sp³-hybridized carbons (Fsp3) is 0.400. The molecule has 0 saturated carbocycles. The molecule has 0 aromatic heterocycles. The lowest BCUT2D eigenvalue weighted by atomic mass is 10.2. The molecule has 0 unspecified atom stereocenters. The molecule has 0 spiro atoms. The van der Waals surface area contributed by atoms with E-state index in [2.05, 4.69) is 20.9 Å². The normalized spacial score (nSPS) is 25.4. The SMILES string of the molecule is O=C(O)COCC(=O)N=C1S[C@@H]2CS(=O)(=O)C[C@@H]2N1c1ccc(Br)cc1. The van der Waals surface area contributed by atoms with Gasteiger partial charge in [0, 0.05) is 15.4 Å². The van der Waals surface area contributed by atoms with Gasteiger partial charge in [0.25, 0.3) is 5.91 Å². The quantitative estimate of drug-likeness (QED) is 0.692. The summed E-state index contributed by atoms with van der Waals surface area (Å²) in [5.41, 5.74) is 0.739. The number of aliphatic imine (C=N–C) groups is 1. The molecule has 1 aromatic rings. The molecule has 3 rings (SSSR count). The highest BCUT2D eigenvalue weighted by Crippen LogP contribution is 2.41. The largest absolute Gasteiger partial charge is 0.480 e. The first-order valence-corrected chi connectivity index (χ1v) is 11.1. The van der Waals surface area contributed by atoms with Gasteiger partial charge in [0.2, 0.25) is 0 Å². The van der Waals surface area contributed by atoms with Gasteiger partial charge in [-0.3, -0.25) is 4.79 Å². The summed E-state index contributed by atoms with van der Waals surface area (Å²) < 4.78 is 29.6. The van der Waals surface area contributed by atoms with E-state index in [1.165, 1.54) is 11.8 Å². The van der Waals surface area contributed by atoms with Crippen LogP contribution in [0.2, 0.25) is 0 Å². The Hall–Kier alpha value is -1.43. The molecule has 140 valence electrons. The lowest BCUT2D eigenvalue weighted by Crippen LogP contribution is -2.37. The number of aliphatic carboxylic acids is 1. The van der Waals surface area contributed by atoms with E-state index in [0.717, 1.165) is 10.2 Å². The number of rotatable bonds is 5. The third-order valence-corrected chi connectivity index (χ3v) is 7.58. The van der Waals surface area contributed by atoms with Crippen molar-refractivity contribution in [2.75, 3.05) is 29.6 Å². The molecule has 26 heavy (non-hydrogen) atoms.